The minimum Gasteiger partial charge on any atom is -0.497 e. The third kappa shape index (κ3) is 13.3. The van der Waals surface area contributed by atoms with Crippen molar-refractivity contribution in [2.24, 2.45) is 0 Å². The number of methoxy groups -OCH3 is 2. The maximum atomic E-state index is 14.6. The number of carbonyl (C=O) groups excluding carboxylic acids is 1. The summed E-state index contributed by atoms with van der Waals surface area (Å²) in [6.45, 7) is 6.44. The third-order valence-electron chi connectivity index (χ3n) is 13.5. The number of thiophene rings is 1. The number of aromatic nitrogens is 4. The minimum absolute atomic E-state index is 0.0202. The van der Waals surface area contributed by atoms with E-state index in [0.29, 0.717) is 110 Å². The fraction of sp³-hybridized carbons (Fsp3) is 0.281. The molecule has 412 valence electrons. The van der Waals surface area contributed by atoms with Gasteiger partial charge >= 0.3 is 13.8 Å². The topological polar surface area (TPSA) is 183 Å². The van der Waals surface area contributed by atoms with Crippen LogP contribution in [-0.2, 0) is 42.9 Å². The highest BCUT2D eigenvalue weighted by atomic mass is 35.5. The van der Waals surface area contributed by atoms with Gasteiger partial charge in [0.05, 0.1) is 61.0 Å². The van der Waals surface area contributed by atoms with E-state index < -0.39 is 25.7 Å². The van der Waals surface area contributed by atoms with Crippen LogP contribution in [0.1, 0.15) is 27.9 Å². The second-order valence-corrected chi connectivity index (χ2v) is 21.9. The van der Waals surface area contributed by atoms with E-state index in [2.05, 4.69) is 14.4 Å². The molecule has 0 radical (unpaired) electrons. The number of carbonyl (C=O) groups is 1. The maximum absolute atomic E-state index is 14.6. The van der Waals surface area contributed by atoms with Gasteiger partial charge < -0.3 is 28.4 Å². The van der Waals surface area contributed by atoms with Crippen molar-refractivity contribution in [2.45, 2.75) is 39.6 Å². The molecule has 0 saturated carbocycles. The molecular formula is C57H57Cl2FN6O11PS+. The largest absolute Gasteiger partial charge is 0.518 e. The number of phosphoric acid groups is 1. The van der Waals surface area contributed by atoms with Gasteiger partial charge in [0.2, 0.25) is 12.0 Å². The van der Waals surface area contributed by atoms with Crippen LogP contribution in [-0.4, -0.2) is 114 Å². The average molecular weight is 1160 g/mol. The van der Waals surface area contributed by atoms with Crippen molar-refractivity contribution in [1.29, 1.82) is 0 Å². The van der Waals surface area contributed by atoms with Gasteiger partial charge in [-0.3, -0.25) is 14.3 Å². The summed E-state index contributed by atoms with van der Waals surface area (Å²) in [5.41, 5.74) is 5.81. The molecule has 0 bridgehead atoms. The number of likely N-dealkylation sites (N-methyl/N-ethyl adjacent to an activating group) is 1. The molecule has 3 aromatic heterocycles. The Morgan fingerprint density at radius 2 is 1.53 bits per heavy atom. The number of para-hydroxylation sites is 2. The van der Waals surface area contributed by atoms with Gasteiger partial charge in [-0.1, -0.05) is 82.4 Å². The molecule has 1 fully saturated rings. The van der Waals surface area contributed by atoms with Crippen LogP contribution < -0.4 is 23.7 Å². The first-order valence-electron chi connectivity index (χ1n) is 25.0. The molecule has 1 unspecified atom stereocenters. The quantitative estimate of drug-likeness (QED) is 0.0384. The van der Waals surface area contributed by atoms with Crippen LogP contribution in [0.5, 0.6) is 28.9 Å². The van der Waals surface area contributed by atoms with Crippen molar-refractivity contribution in [1.82, 2.24) is 24.8 Å². The number of halogens is 3. The second kappa shape index (κ2) is 25.1. The van der Waals surface area contributed by atoms with E-state index in [1.165, 1.54) is 29.8 Å². The summed E-state index contributed by atoms with van der Waals surface area (Å²) in [5.74, 6) is 1.48. The Bertz CT molecular complexity index is 3490. The van der Waals surface area contributed by atoms with Crippen LogP contribution in [0.3, 0.4) is 0 Å². The summed E-state index contributed by atoms with van der Waals surface area (Å²) in [5, 5.41) is 0.977. The van der Waals surface area contributed by atoms with E-state index >= 15 is 0 Å². The lowest BCUT2D eigenvalue weighted by molar-refractivity contribution is -1.07. The molecular weight excluding hydrogens is 1100 g/mol. The molecule has 1 saturated heterocycles. The number of esters is 1. The lowest BCUT2D eigenvalue weighted by Gasteiger charge is -2.39. The standard InChI is InChI=1S/C57H56Cl2FN6O11PS/c1-35-47(36(2)51(59)52(50(35)58)73-30-27-65-25-28-66(3,29-26-65)77-78(68,69)72-6)48-49-55(62-34-63-56(49)79-53(48)38-17-19-40(60)20-18-38)76-46(57(67)75-32-37-15-21-42(70-4)22-16-37)31-39-11-7-9-13-44(39)74-33-41-23-24-61-54(64-41)43-12-8-10-14-45(43)71-5/h7-24,34,46H,25-33H2,1-6H3/p+1/t46-/m1/s1. The van der Waals surface area contributed by atoms with Gasteiger partial charge in [0, 0.05) is 36.7 Å². The van der Waals surface area contributed by atoms with E-state index in [4.69, 9.17) is 71.2 Å². The van der Waals surface area contributed by atoms with Gasteiger partial charge in [-0.05, 0) is 95.8 Å². The van der Waals surface area contributed by atoms with E-state index in [-0.39, 0.29) is 52.6 Å². The van der Waals surface area contributed by atoms with Gasteiger partial charge in [0.1, 0.15) is 67.1 Å². The second-order valence-electron chi connectivity index (χ2n) is 18.7. The van der Waals surface area contributed by atoms with Crippen LogP contribution in [0.2, 0.25) is 10.0 Å². The number of piperazine rings is 1. The van der Waals surface area contributed by atoms with Crippen molar-refractivity contribution in [2.75, 3.05) is 67.7 Å². The van der Waals surface area contributed by atoms with Gasteiger partial charge in [-0.2, -0.15) is 4.65 Å². The Hall–Kier alpha value is -6.77. The number of quaternary nitrogens is 1. The molecule has 9 rings (SSSR count). The lowest BCUT2D eigenvalue weighted by Crippen LogP contribution is -2.56. The molecule has 79 heavy (non-hydrogen) atoms. The molecule has 22 heteroatoms. The molecule has 1 aliphatic heterocycles. The van der Waals surface area contributed by atoms with Crippen LogP contribution in [0.15, 0.2) is 116 Å². The Labute approximate surface area is 470 Å². The highest BCUT2D eigenvalue weighted by Gasteiger charge is 2.39. The summed E-state index contributed by atoms with van der Waals surface area (Å²) in [4.78, 5) is 46.6. The summed E-state index contributed by atoms with van der Waals surface area (Å²) in [6.07, 6.45) is 1.70. The van der Waals surface area contributed by atoms with Gasteiger partial charge in [-0.25, -0.2) is 33.7 Å². The monoisotopic (exact) mass is 1150 g/mol. The predicted molar refractivity (Wildman–Crippen MR) is 299 cm³/mol. The van der Waals surface area contributed by atoms with Crippen LogP contribution in [0, 0.1) is 19.7 Å². The predicted octanol–water partition coefficient (Wildman–Crippen LogP) is 11.7. The number of ether oxygens (including phenoxy) is 6. The lowest BCUT2D eigenvalue weighted by atomic mass is 9.92. The summed E-state index contributed by atoms with van der Waals surface area (Å²) in [6, 6.07) is 29.9. The zero-order valence-corrected chi connectivity index (χ0v) is 47.3. The number of fused-ring (bicyclic) bond motifs is 1. The molecule has 0 amide bonds. The van der Waals surface area contributed by atoms with Crippen molar-refractivity contribution >= 4 is 58.5 Å². The van der Waals surface area contributed by atoms with Crippen molar-refractivity contribution in [3.8, 4) is 61.8 Å². The smallest absolute Gasteiger partial charge is 0.497 e. The number of hydroxylamine groups is 3. The van der Waals surface area contributed by atoms with Crippen LogP contribution in [0.4, 0.5) is 4.39 Å². The van der Waals surface area contributed by atoms with Crippen molar-refractivity contribution in [3.05, 3.63) is 159 Å². The SMILES string of the molecule is COc1ccc(COC(=O)[C@@H](Cc2ccccc2OCc2ccnc(-c3ccccc3OC)n2)Oc2ncnc3sc(-c4ccc(F)cc4)c(-c4c(C)c(Cl)c(OCCN5CC[N+](C)(OP(=O)(O)OC)CC5)c(Cl)c4C)c23)cc1. The first-order valence-corrected chi connectivity index (χ1v) is 28.1. The Kier molecular flexibility index (Phi) is 18.1. The van der Waals surface area contributed by atoms with E-state index in [1.807, 2.05) is 56.3 Å². The molecule has 17 nitrogen and oxygen atoms in total. The molecule has 1 aliphatic rings. The number of phosphoric ester groups is 1. The van der Waals surface area contributed by atoms with E-state index in [0.717, 1.165) is 18.2 Å². The minimum atomic E-state index is -4.19. The van der Waals surface area contributed by atoms with Crippen LogP contribution >= 0.6 is 42.4 Å². The third-order valence-corrected chi connectivity index (χ3v) is 16.6. The van der Waals surface area contributed by atoms with Gasteiger partial charge in [0.15, 0.2) is 11.6 Å². The Balaban J connectivity index is 1.05. The molecule has 8 aromatic rings. The number of rotatable bonds is 22. The van der Waals surface area contributed by atoms with Crippen molar-refractivity contribution in [3.63, 3.8) is 0 Å². The average Bonchev–Trinajstić information content (AvgIpc) is 4.08. The number of hydrogen-bond acceptors (Lipinski definition) is 16. The fourth-order valence-electron chi connectivity index (χ4n) is 9.15. The van der Waals surface area contributed by atoms with E-state index in [1.54, 1.807) is 76.0 Å². The molecule has 2 atom stereocenters. The molecule has 0 spiro atoms. The summed E-state index contributed by atoms with van der Waals surface area (Å²) in [7, 11) is 1.84. The van der Waals surface area contributed by atoms with E-state index in [9.17, 15) is 18.6 Å². The first-order chi connectivity index (χ1) is 38.1. The molecule has 0 aliphatic carbocycles. The Morgan fingerprint density at radius 1 is 0.835 bits per heavy atom. The summed E-state index contributed by atoms with van der Waals surface area (Å²) < 4.78 is 73.3. The van der Waals surface area contributed by atoms with Gasteiger partial charge in [-0.15, -0.1) is 11.3 Å². The molecule has 4 heterocycles. The first kappa shape index (κ1) is 56.9. The van der Waals surface area contributed by atoms with Gasteiger partial charge in [0.25, 0.3) is 0 Å². The number of benzene rings is 5. The molecule has 5 aromatic carbocycles. The highest BCUT2D eigenvalue weighted by molar-refractivity contribution is 7.47. The zero-order chi connectivity index (χ0) is 55.8. The summed E-state index contributed by atoms with van der Waals surface area (Å²) >= 11 is 15.9. The highest BCUT2D eigenvalue weighted by Crippen LogP contribution is 2.53. The number of nitrogens with zero attached hydrogens (tertiary/aromatic N) is 6. The Morgan fingerprint density at radius 3 is 2.23 bits per heavy atom. The maximum Gasteiger partial charge on any atom is 0.518 e. The fourth-order valence-corrected chi connectivity index (χ4v) is 11.6. The normalized spacial score (nSPS) is 14.6. The van der Waals surface area contributed by atoms with Crippen molar-refractivity contribution < 1.29 is 60.9 Å². The number of hydrogen-bond donors (Lipinski definition) is 1. The zero-order valence-electron chi connectivity index (χ0n) is 44.1. The van der Waals surface area contributed by atoms with Crippen LogP contribution in [0.25, 0.3) is 43.2 Å². The molecule has 1 N–H and O–H groups in total.